The van der Waals surface area contributed by atoms with Gasteiger partial charge < -0.3 is 20.1 Å². The molecule has 9 heteroatoms. The van der Waals surface area contributed by atoms with Crippen molar-refractivity contribution >= 4 is 35.1 Å². The lowest BCUT2D eigenvalue weighted by Gasteiger charge is -2.22. The number of halogens is 1. The molecule has 2 aliphatic rings. The third-order valence-corrected chi connectivity index (χ3v) is 4.87. The predicted molar refractivity (Wildman–Crippen MR) is 100 cm³/mol. The molecule has 8 nitrogen and oxygen atoms in total. The van der Waals surface area contributed by atoms with Crippen molar-refractivity contribution in [1.82, 2.24) is 10.2 Å². The molecular weight excluding hydrogens is 386 g/mol. The molecule has 4 amide bonds. The van der Waals surface area contributed by atoms with Gasteiger partial charge in [0.15, 0.2) is 11.5 Å². The molecule has 0 aromatic heterocycles. The summed E-state index contributed by atoms with van der Waals surface area (Å²) in [6.07, 6.45) is 0. The van der Waals surface area contributed by atoms with E-state index in [4.69, 9.17) is 21.1 Å². The Kier molecular flexibility index (Phi) is 4.35. The highest BCUT2D eigenvalue weighted by Crippen LogP contribution is 2.37. The molecule has 0 radical (unpaired) electrons. The minimum absolute atomic E-state index is 0.103. The van der Waals surface area contributed by atoms with Crippen LogP contribution in [-0.2, 0) is 15.1 Å². The van der Waals surface area contributed by atoms with E-state index >= 15 is 0 Å². The van der Waals surface area contributed by atoms with E-state index in [2.05, 4.69) is 10.6 Å². The molecule has 4 rings (SSSR count). The van der Waals surface area contributed by atoms with Gasteiger partial charge in [-0.05, 0) is 42.8 Å². The third-order valence-electron chi connectivity index (χ3n) is 4.63. The molecule has 0 bridgehead atoms. The molecular formula is C19H16ClN3O5. The fraction of sp³-hybridized carbons (Fsp3) is 0.211. The van der Waals surface area contributed by atoms with E-state index < -0.39 is 29.9 Å². The van der Waals surface area contributed by atoms with Gasteiger partial charge in [-0.15, -0.1) is 0 Å². The smallest absolute Gasteiger partial charge is 0.325 e. The van der Waals surface area contributed by atoms with Gasteiger partial charge in [0.25, 0.3) is 5.91 Å². The lowest BCUT2D eigenvalue weighted by atomic mass is 9.91. The highest BCUT2D eigenvalue weighted by Gasteiger charge is 2.49. The summed E-state index contributed by atoms with van der Waals surface area (Å²) < 4.78 is 10.6. The van der Waals surface area contributed by atoms with Gasteiger partial charge in [-0.1, -0.05) is 23.7 Å². The minimum atomic E-state index is -1.31. The Labute approximate surface area is 165 Å². The van der Waals surface area contributed by atoms with Gasteiger partial charge in [0, 0.05) is 10.7 Å². The van der Waals surface area contributed by atoms with Gasteiger partial charge in [-0.2, -0.15) is 0 Å². The van der Waals surface area contributed by atoms with E-state index in [1.54, 1.807) is 49.4 Å². The van der Waals surface area contributed by atoms with Crippen molar-refractivity contribution in [3.63, 3.8) is 0 Å². The second kappa shape index (κ2) is 6.72. The maximum absolute atomic E-state index is 12.9. The first-order valence-corrected chi connectivity index (χ1v) is 8.84. The SMILES string of the molecule is C[C@]1(c2ccc3c(c2)OCO3)NC(=O)N(CC(=O)Nc2cccc(Cl)c2)C1=O. The van der Waals surface area contributed by atoms with E-state index in [9.17, 15) is 14.4 Å². The molecule has 28 heavy (non-hydrogen) atoms. The quantitative estimate of drug-likeness (QED) is 0.767. The molecule has 0 saturated carbocycles. The summed E-state index contributed by atoms with van der Waals surface area (Å²) in [6, 6.07) is 10.9. The third kappa shape index (κ3) is 3.11. The molecule has 2 aromatic carbocycles. The Morgan fingerprint density at radius 2 is 2.00 bits per heavy atom. The van der Waals surface area contributed by atoms with Crippen LogP contribution < -0.4 is 20.1 Å². The molecule has 2 N–H and O–H groups in total. The van der Waals surface area contributed by atoms with Crippen molar-refractivity contribution in [3.05, 3.63) is 53.1 Å². The number of anilines is 1. The average Bonchev–Trinajstić information content (AvgIpc) is 3.20. The summed E-state index contributed by atoms with van der Waals surface area (Å²) in [4.78, 5) is 38.5. The van der Waals surface area contributed by atoms with E-state index in [-0.39, 0.29) is 6.79 Å². The number of hydrogen-bond donors (Lipinski definition) is 2. The first-order valence-electron chi connectivity index (χ1n) is 8.46. The minimum Gasteiger partial charge on any atom is -0.454 e. The van der Waals surface area contributed by atoms with Gasteiger partial charge in [0.05, 0.1) is 0 Å². The van der Waals surface area contributed by atoms with Crippen LogP contribution in [0.1, 0.15) is 12.5 Å². The van der Waals surface area contributed by atoms with Crippen LogP contribution in [0.25, 0.3) is 0 Å². The number of urea groups is 1. The summed E-state index contributed by atoms with van der Waals surface area (Å²) in [5.74, 6) is 0.0260. The van der Waals surface area contributed by atoms with Crippen molar-refractivity contribution < 1.29 is 23.9 Å². The molecule has 2 aliphatic heterocycles. The lowest BCUT2D eigenvalue weighted by Crippen LogP contribution is -2.42. The first-order chi connectivity index (χ1) is 13.4. The maximum atomic E-state index is 12.9. The van der Waals surface area contributed by atoms with Crippen LogP contribution in [-0.4, -0.2) is 36.1 Å². The fourth-order valence-electron chi connectivity index (χ4n) is 3.15. The fourth-order valence-corrected chi connectivity index (χ4v) is 3.34. The number of amides is 4. The number of carbonyl (C=O) groups excluding carboxylic acids is 3. The molecule has 0 unspecified atom stereocenters. The monoisotopic (exact) mass is 401 g/mol. The van der Waals surface area contributed by atoms with Crippen LogP contribution in [0.3, 0.4) is 0 Å². The number of benzene rings is 2. The first kappa shape index (κ1) is 18.1. The normalized spacial score (nSPS) is 20.3. The highest BCUT2D eigenvalue weighted by molar-refractivity contribution is 6.30. The van der Waals surface area contributed by atoms with Gasteiger partial charge in [0.1, 0.15) is 12.1 Å². The van der Waals surface area contributed by atoms with Gasteiger partial charge >= 0.3 is 6.03 Å². The summed E-state index contributed by atoms with van der Waals surface area (Å²) in [5.41, 5.74) is -0.301. The number of rotatable bonds is 4. The standard InChI is InChI=1S/C19H16ClN3O5/c1-19(11-5-6-14-15(7-11)28-10-27-14)17(25)23(18(26)22-19)9-16(24)21-13-4-2-3-12(20)8-13/h2-8H,9-10H2,1H3,(H,21,24)(H,22,26)/t19-/m1/s1. The van der Waals surface area contributed by atoms with Crippen LogP contribution in [0.15, 0.2) is 42.5 Å². The van der Waals surface area contributed by atoms with E-state index in [0.717, 1.165) is 4.90 Å². The van der Waals surface area contributed by atoms with Crippen molar-refractivity contribution in [2.45, 2.75) is 12.5 Å². The van der Waals surface area contributed by atoms with E-state index in [1.165, 1.54) is 0 Å². The van der Waals surface area contributed by atoms with Crippen LogP contribution in [0.5, 0.6) is 11.5 Å². The van der Waals surface area contributed by atoms with Gasteiger partial charge in [-0.25, -0.2) is 4.79 Å². The predicted octanol–water partition coefficient (Wildman–Crippen LogP) is 2.47. The zero-order valence-electron chi connectivity index (χ0n) is 14.8. The van der Waals surface area contributed by atoms with Crippen LogP contribution in [0.4, 0.5) is 10.5 Å². The van der Waals surface area contributed by atoms with E-state index in [1.807, 2.05) is 0 Å². The zero-order chi connectivity index (χ0) is 19.9. The molecule has 1 saturated heterocycles. The molecule has 144 valence electrons. The molecule has 1 atom stereocenters. The van der Waals surface area contributed by atoms with Crippen LogP contribution >= 0.6 is 11.6 Å². The molecule has 0 aliphatic carbocycles. The van der Waals surface area contributed by atoms with Crippen molar-refractivity contribution in [3.8, 4) is 11.5 Å². The largest absolute Gasteiger partial charge is 0.454 e. The van der Waals surface area contributed by atoms with Crippen molar-refractivity contribution in [2.75, 3.05) is 18.7 Å². The number of fused-ring (bicyclic) bond motifs is 1. The average molecular weight is 402 g/mol. The summed E-state index contributed by atoms with van der Waals surface area (Å²) in [5, 5.41) is 5.74. The molecule has 2 heterocycles. The number of carbonyl (C=O) groups is 3. The van der Waals surface area contributed by atoms with Crippen LogP contribution in [0, 0.1) is 0 Å². The van der Waals surface area contributed by atoms with Crippen LogP contribution in [0.2, 0.25) is 5.02 Å². The van der Waals surface area contributed by atoms with E-state index in [0.29, 0.717) is 27.8 Å². The van der Waals surface area contributed by atoms with Gasteiger partial charge in [0.2, 0.25) is 12.7 Å². The second-order valence-corrected chi connectivity index (χ2v) is 7.01. The second-order valence-electron chi connectivity index (χ2n) is 6.57. The Balaban J connectivity index is 1.51. The number of nitrogens with one attached hydrogen (secondary N) is 2. The number of ether oxygens (including phenoxy) is 2. The Morgan fingerprint density at radius 3 is 2.79 bits per heavy atom. The summed E-state index contributed by atoms with van der Waals surface area (Å²) >= 11 is 5.89. The lowest BCUT2D eigenvalue weighted by molar-refractivity contribution is -0.133. The molecule has 1 fully saturated rings. The Morgan fingerprint density at radius 1 is 1.21 bits per heavy atom. The topological polar surface area (TPSA) is 97.0 Å². The number of hydrogen-bond acceptors (Lipinski definition) is 5. The Hall–Kier alpha value is -3.26. The Bertz CT molecular complexity index is 995. The summed E-state index contributed by atoms with van der Waals surface area (Å²) in [6.45, 7) is 1.27. The maximum Gasteiger partial charge on any atom is 0.325 e. The molecule has 2 aromatic rings. The summed E-state index contributed by atoms with van der Waals surface area (Å²) in [7, 11) is 0. The highest BCUT2D eigenvalue weighted by atomic mass is 35.5. The van der Waals surface area contributed by atoms with Crippen molar-refractivity contribution in [2.24, 2.45) is 0 Å². The number of imide groups is 1. The van der Waals surface area contributed by atoms with Crippen molar-refractivity contribution in [1.29, 1.82) is 0 Å². The zero-order valence-corrected chi connectivity index (χ0v) is 15.6. The molecule has 0 spiro atoms. The van der Waals surface area contributed by atoms with Gasteiger partial charge in [-0.3, -0.25) is 14.5 Å². The number of nitrogens with zero attached hydrogens (tertiary/aromatic N) is 1.